The van der Waals surface area contributed by atoms with Crippen LogP contribution in [0.1, 0.15) is 18.2 Å². The molecule has 22 heavy (non-hydrogen) atoms. The van der Waals surface area contributed by atoms with Crippen molar-refractivity contribution < 1.29 is 4.74 Å². The van der Waals surface area contributed by atoms with Crippen LogP contribution in [0.5, 0.6) is 0 Å². The van der Waals surface area contributed by atoms with Crippen molar-refractivity contribution in [3.05, 3.63) is 65.7 Å². The van der Waals surface area contributed by atoms with Gasteiger partial charge in [-0.3, -0.25) is 4.98 Å². The quantitative estimate of drug-likeness (QED) is 0.862. The Balaban J connectivity index is 2.14. The van der Waals surface area contributed by atoms with Gasteiger partial charge in [-0.1, -0.05) is 18.2 Å². The molecule has 0 bridgehead atoms. The molecule has 1 aliphatic rings. The molecule has 0 saturated heterocycles. The molecule has 0 amide bonds. The molecular formula is C17H14N4O. The van der Waals surface area contributed by atoms with Gasteiger partial charge in [-0.2, -0.15) is 10.3 Å². The summed E-state index contributed by atoms with van der Waals surface area (Å²) < 4.78 is 5.62. The van der Waals surface area contributed by atoms with Gasteiger partial charge in [0.2, 0.25) is 5.90 Å². The van der Waals surface area contributed by atoms with Crippen molar-refractivity contribution in [2.24, 2.45) is 4.99 Å². The van der Waals surface area contributed by atoms with E-state index in [1.54, 1.807) is 12.3 Å². The number of hydrogen-bond acceptors (Lipinski definition) is 5. The second-order valence-corrected chi connectivity index (χ2v) is 4.57. The zero-order chi connectivity index (χ0) is 15.4. The fraction of sp³-hybridized carbons (Fsp3) is 0.118. The van der Waals surface area contributed by atoms with Crippen molar-refractivity contribution in [2.45, 2.75) is 6.92 Å². The van der Waals surface area contributed by atoms with Gasteiger partial charge in [0.05, 0.1) is 23.6 Å². The topological polar surface area (TPSA) is 70.3 Å². The van der Waals surface area contributed by atoms with Crippen LogP contribution >= 0.6 is 0 Å². The highest BCUT2D eigenvalue weighted by atomic mass is 16.5. The van der Waals surface area contributed by atoms with Crippen LogP contribution in [0, 0.1) is 11.3 Å². The molecule has 0 atom stereocenters. The molecule has 3 rings (SSSR count). The van der Waals surface area contributed by atoms with E-state index in [1.165, 1.54) is 0 Å². The predicted molar refractivity (Wildman–Crippen MR) is 85.0 cm³/mol. The maximum Gasteiger partial charge on any atom is 0.224 e. The molecule has 0 spiro atoms. The van der Waals surface area contributed by atoms with Crippen LogP contribution < -0.4 is 5.32 Å². The molecule has 0 radical (unpaired) electrons. The summed E-state index contributed by atoms with van der Waals surface area (Å²) in [7, 11) is 0. The van der Waals surface area contributed by atoms with Crippen molar-refractivity contribution in [1.82, 2.24) is 4.98 Å². The van der Waals surface area contributed by atoms with E-state index in [-0.39, 0.29) is 0 Å². The number of fused-ring (bicyclic) bond motifs is 1. The number of benzene rings is 1. The van der Waals surface area contributed by atoms with Gasteiger partial charge < -0.3 is 10.1 Å². The van der Waals surface area contributed by atoms with Crippen LogP contribution in [0.4, 0.5) is 5.69 Å². The lowest BCUT2D eigenvalue weighted by molar-refractivity contribution is 0.328. The Bertz CT molecular complexity index is 788. The lowest BCUT2D eigenvalue weighted by atomic mass is 10.1. The third-order valence-corrected chi connectivity index (χ3v) is 3.17. The number of nitrogens with one attached hydrogen (secondary N) is 1. The molecule has 2 aromatic rings. The molecule has 0 aliphatic carbocycles. The number of rotatable bonds is 2. The first-order valence-corrected chi connectivity index (χ1v) is 6.97. The van der Waals surface area contributed by atoms with Crippen LogP contribution in [-0.4, -0.2) is 17.5 Å². The van der Waals surface area contributed by atoms with Crippen LogP contribution in [-0.2, 0) is 4.74 Å². The smallest absolute Gasteiger partial charge is 0.224 e. The Morgan fingerprint density at radius 1 is 1.23 bits per heavy atom. The monoisotopic (exact) mass is 290 g/mol. The fourth-order valence-electron chi connectivity index (χ4n) is 2.20. The lowest BCUT2D eigenvalue weighted by Gasteiger charge is -2.20. The summed E-state index contributed by atoms with van der Waals surface area (Å²) in [5, 5.41) is 12.7. The molecule has 1 N–H and O–H groups in total. The highest BCUT2D eigenvalue weighted by Crippen LogP contribution is 2.28. The first-order chi connectivity index (χ1) is 10.8. The number of aliphatic imine (C=N–C) groups is 1. The van der Waals surface area contributed by atoms with Gasteiger partial charge in [-0.15, -0.1) is 0 Å². The Labute approximate surface area is 128 Å². The van der Waals surface area contributed by atoms with Crippen molar-refractivity contribution in [3.8, 4) is 6.07 Å². The molecule has 2 heterocycles. The van der Waals surface area contributed by atoms with E-state index in [0.29, 0.717) is 29.6 Å². The van der Waals surface area contributed by atoms with E-state index in [9.17, 15) is 5.26 Å². The normalized spacial score (nSPS) is 15.0. The lowest BCUT2D eigenvalue weighted by Crippen LogP contribution is -2.18. The summed E-state index contributed by atoms with van der Waals surface area (Å²) in [5.41, 5.74) is 2.70. The number of anilines is 1. The molecule has 1 aromatic carbocycles. The van der Waals surface area contributed by atoms with Gasteiger partial charge in [0.25, 0.3) is 0 Å². The standard InChI is InChI=1S/C17H14N4O/c1-2-22-17-12-7-3-4-9-15(12)20-16(21-17)13(11-18)14-8-5-6-10-19-14/h3-10,20H,2H2,1H3/b16-13+. The van der Waals surface area contributed by atoms with Crippen LogP contribution in [0.2, 0.25) is 0 Å². The minimum atomic E-state index is 0.382. The van der Waals surface area contributed by atoms with E-state index >= 15 is 0 Å². The fourth-order valence-corrected chi connectivity index (χ4v) is 2.20. The summed E-state index contributed by atoms with van der Waals surface area (Å²) in [6.07, 6.45) is 1.65. The Kier molecular flexibility index (Phi) is 3.84. The number of pyridine rings is 1. The zero-order valence-electron chi connectivity index (χ0n) is 12.1. The Morgan fingerprint density at radius 3 is 2.77 bits per heavy atom. The van der Waals surface area contributed by atoms with Crippen molar-refractivity contribution in [3.63, 3.8) is 0 Å². The number of nitriles is 1. The van der Waals surface area contributed by atoms with Crippen LogP contribution in [0.25, 0.3) is 5.57 Å². The van der Waals surface area contributed by atoms with E-state index < -0.39 is 0 Å². The molecule has 0 fully saturated rings. The molecule has 0 unspecified atom stereocenters. The van der Waals surface area contributed by atoms with Crippen molar-refractivity contribution in [2.75, 3.05) is 11.9 Å². The number of hydrogen-bond donors (Lipinski definition) is 1. The maximum atomic E-state index is 9.50. The van der Waals surface area contributed by atoms with E-state index in [0.717, 1.165) is 11.3 Å². The van der Waals surface area contributed by atoms with Crippen LogP contribution in [0.15, 0.2) is 59.5 Å². The SMILES string of the molecule is CCOC1=N/C(=C(\C#N)c2ccccn2)Nc2ccccc21. The van der Waals surface area contributed by atoms with Gasteiger partial charge in [0.15, 0.2) is 5.82 Å². The number of para-hydroxylation sites is 1. The largest absolute Gasteiger partial charge is 0.477 e. The van der Waals surface area contributed by atoms with E-state index in [1.807, 2.05) is 43.3 Å². The van der Waals surface area contributed by atoms with Gasteiger partial charge in [-0.25, -0.2) is 0 Å². The van der Waals surface area contributed by atoms with Gasteiger partial charge >= 0.3 is 0 Å². The highest BCUT2D eigenvalue weighted by molar-refractivity contribution is 6.03. The van der Waals surface area contributed by atoms with E-state index in [4.69, 9.17) is 4.74 Å². The summed E-state index contributed by atoms with van der Waals surface area (Å²) in [5.74, 6) is 0.957. The third kappa shape index (κ3) is 2.54. The second-order valence-electron chi connectivity index (χ2n) is 4.57. The molecular weight excluding hydrogens is 276 g/mol. The summed E-state index contributed by atoms with van der Waals surface area (Å²) in [4.78, 5) is 8.68. The molecule has 5 nitrogen and oxygen atoms in total. The van der Waals surface area contributed by atoms with E-state index in [2.05, 4.69) is 21.4 Å². The number of nitrogens with zero attached hydrogens (tertiary/aromatic N) is 3. The van der Waals surface area contributed by atoms with Crippen molar-refractivity contribution in [1.29, 1.82) is 5.26 Å². The second kappa shape index (κ2) is 6.10. The van der Waals surface area contributed by atoms with Crippen LogP contribution in [0.3, 0.4) is 0 Å². The Morgan fingerprint density at radius 2 is 2.05 bits per heavy atom. The average Bonchev–Trinajstić information content (AvgIpc) is 2.57. The Hall–Kier alpha value is -3.13. The van der Waals surface area contributed by atoms with Gasteiger partial charge in [-0.05, 0) is 31.2 Å². The highest BCUT2D eigenvalue weighted by Gasteiger charge is 2.20. The molecule has 1 aliphatic heterocycles. The number of ether oxygens (including phenoxy) is 1. The minimum Gasteiger partial charge on any atom is -0.477 e. The maximum absolute atomic E-state index is 9.50. The third-order valence-electron chi connectivity index (χ3n) is 3.17. The molecule has 1 aromatic heterocycles. The summed E-state index contributed by atoms with van der Waals surface area (Å²) in [6.45, 7) is 2.41. The summed E-state index contributed by atoms with van der Waals surface area (Å²) >= 11 is 0. The number of allylic oxidation sites excluding steroid dienone is 1. The van der Waals surface area contributed by atoms with Crippen molar-refractivity contribution >= 4 is 17.2 Å². The molecule has 0 saturated carbocycles. The van der Waals surface area contributed by atoms with Gasteiger partial charge in [0.1, 0.15) is 11.6 Å². The van der Waals surface area contributed by atoms with Gasteiger partial charge in [0, 0.05) is 6.20 Å². The first-order valence-electron chi connectivity index (χ1n) is 6.97. The first kappa shape index (κ1) is 13.8. The number of aromatic nitrogens is 1. The molecule has 5 heteroatoms. The predicted octanol–water partition coefficient (Wildman–Crippen LogP) is 3.18. The minimum absolute atomic E-state index is 0.382. The molecule has 108 valence electrons. The summed E-state index contributed by atoms with van der Waals surface area (Å²) in [6, 6.07) is 15.3. The zero-order valence-corrected chi connectivity index (χ0v) is 12.1. The average molecular weight is 290 g/mol.